The van der Waals surface area contributed by atoms with Gasteiger partial charge in [0.2, 0.25) is 0 Å². The normalized spacial score (nSPS) is 11.0. The summed E-state index contributed by atoms with van der Waals surface area (Å²) in [5, 5.41) is 16.9. The largest absolute Gasteiger partial charge is 0.481 e. The summed E-state index contributed by atoms with van der Waals surface area (Å²) in [5.41, 5.74) is 3.75. The van der Waals surface area contributed by atoms with E-state index in [1.807, 2.05) is 48.0 Å². The van der Waals surface area contributed by atoms with Crippen molar-refractivity contribution >= 4 is 22.7 Å². The van der Waals surface area contributed by atoms with Crippen LogP contribution in [0.15, 0.2) is 36.5 Å². The number of carboxylic acids is 1. The second-order valence-corrected chi connectivity index (χ2v) is 5.59. The predicted molar refractivity (Wildman–Crippen MR) is 86.1 cm³/mol. The highest BCUT2D eigenvalue weighted by Gasteiger charge is 2.10. The molecule has 3 aromatic rings. The van der Waals surface area contributed by atoms with Crippen LogP contribution >= 0.6 is 0 Å². The minimum Gasteiger partial charge on any atom is -0.481 e. The van der Waals surface area contributed by atoms with Gasteiger partial charge in [0.25, 0.3) is 0 Å². The number of hydrogen-bond donors (Lipinski definition) is 2. The van der Waals surface area contributed by atoms with E-state index in [0.717, 1.165) is 27.9 Å². The fraction of sp³-hybridized carbons (Fsp3) is 0.235. The van der Waals surface area contributed by atoms with Gasteiger partial charge >= 0.3 is 5.97 Å². The molecule has 0 aliphatic carbocycles. The standard InChI is InChI=1S/C17H17N3O3/c1-11-8-15(19-18-11)13-3-2-12-6-7-20(16(12)9-13)10-14(21)4-5-17(22)23/h2-3,6-9H,4-5,10H2,1H3,(H,18,19)(H,22,23). The zero-order valence-electron chi connectivity index (χ0n) is 12.7. The topological polar surface area (TPSA) is 88.0 Å². The number of carboxylic acid groups (broad SMARTS) is 1. The molecule has 6 nitrogen and oxygen atoms in total. The summed E-state index contributed by atoms with van der Waals surface area (Å²) in [6.07, 6.45) is 1.77. The van der Waals surface area contributed by atoms with Crippen LogP contribution in [0, 0.1) is 6.92 Å². The van der Waals surface area contributed by atoms with Crippen molar-refractivity contribution in [3.05, 3.63) is 42.2 Å². The van der Waals surface area contributed by atoms with Gasteiger partial charge in [0, 0.05) is 29.4 Å². The van der Waals surface area contributed by atoms with Gasteiger partial charge in [0.1, 0.15) is 0 Å². The zero-order valence-corrected chi connectivity index (χ0v) is 12.7. The first kappa shape index (κ1) is 15.0. The van der Waals surface area contributed by atoms with Crippen molar-refractivity contribution < 1.29 is 14.7 Å². The Morgan fingerprint density at radius 3 is 2.74 bits per heavy atom. The Morgan fingerprint density at radius 2 is 2.04 bits per heavy atom. The monoisotopic (exact) mass is 311 g/mol. The van der Waals surface area contributed by atoms with Gasteiger partial charge < -0.3 is 9.67 Å². The third-order valence-electron chi connectivity index (χ3n) is 3.74. The lowest BCUT2D eigenvalue weighted by Gasteiger charge is -2.05. The number of hydrogen-bond acceptors (Lipinski definition) is 3. The molecule has 6 heteroatoms. The molecule has 0 unspecified atom stereocenters. The average Bonchev–Trinajstić information content (AvgIpc) is 3.11. The molecular formula is C17H17N3O3. The lowest BCUT2D eigenvalue weighted by Crippen LogP contribution is -2.10. The minimum absolute atomic E-state index is 0.0489. The molecule has 0 spiro atoms. The van der Waals surface area contributed by atoms with Gasteiger partial charge in [-0.25, -0.2) is 0 Å². The lowest BCUT2D eigenvalue weighted by molar-refractivity contribution is -0.138. The molecule has 118 valence electrons. The number of carbonyl (C=O) groups excluding carboxylic acids is 1. The van der Waals surface area contributed by atoms with Gasteiger partial charge in [-0.1, -0.05) is 12.1 Å². The third kappa shape index (κ3) is 3.31. The molecule has 0 aliphatic rings. The van der Waals surface area contributed by atoms with Crippen molar-refractivity contribution in [2.24, 2.45) is 0 Å². The Labute approximate surface area is 132 Å². The molecule has 0 saturated carbocycles. The van der Waals surface area contributed by atoms with E-state index in [0.29, 0.717) is 0 Å². The maximum Gasteiger partial charge on any atom is 0.303 e. The first-order valence-electron chi connectivity index (χ1n) is 7.38. The van der Waals surface area contributed by atoms with Crippen LogP contribution in [-0.4, -0.2) is 31.6 Å². The fourth-order valence-electron chi connectivity index (χ4n) is 2.56. The van der Waals surface area contributed by atoms with Gasteiger partial charge in [0.15, 0.2) is 5.78 Å². The van der Waals surface area contributed by atoms with E-state index in [2.05, 4.69) is 10.2 Å². The Bertz CT molecular complexity index is 876. The summed E-state index contributed by atoms with van der Waals surface area (Å²) >= 11 is 0. The van der Waals surface area contributed by atoms with E-state index < -0.39 is 5.97 Å². The number of Topliss-reactive ketones (excluding diaryl/α,β-unsaturated/α-hetero) is 1. The smallest absolute Gasteiger partial charge is 0.303 e. The van der Waals surface area contributed by atoms with Crippen LogP contribution in [-0.2, 0) is 16.1 Å². The molecule has 2 N–H and O–H groups in total. The number of fused-ring (bicyclic) bond motifs is 1. The Balaban J connectivity index is 1.86. The first-order valence-corrected chi connectivity index (χ1v) is 7.38. The van der Waals surface area contributed by atoms with E-state index in [-0.39, 0.29) is 25.2 Å². The van der Waals surface area contributed by atoms with E-state index >= 15 is 0 Å². The number of ketones is 1. The summed E-state index contributed by atoms with van der Waals surface area (Å²) in [6.45, 7) is 2.12. The first-order chi connectivity index (χ1) is 11.0. The molecule has 2 heterocycles. The van der Waals surface area contributed by atoms with Crippen LogP contribution in [0.4, 0.5) is 0 Å². The molecule has 0 radical (unpaired) electrons. The molecule has 23 heavy (non-hydrogen) atoms. The van der Waals surface area contributed by atoms with Crippen molar-refractivity contribution in [3.63, 3.8) is 0 Å². The summed E-state index contributed by atoms with van der Waals surface area (Å²) < 4.78 is 1.85. The molecule has 0 atom stereocenters. The second-order valence-electron chi connectivity index (χ2n) is 5.59. The number of H-pyrrole nitrogens is 1. The van der Waals surface area contributed by atoms with Crippen LogP contribution < -0.4 is 0 Å². The number of rotatable bonds is 6. The fourth-order valence-corrected chi connectivity index (χ4v) is 2.56. The van der Waals surface area contributed by atoms with Gasteiger partial charge in [-0.2, -0.15) is 5.10 Å². The highest BCUT2D eigenvalue weighted by atomic mass is 16.4. The Hall–Kier alpha value is -2.89. The molecule has 0 fully saturated rings. The highest BCUT2D eigenvalue weighted by molar-refractivity contribution is 5.88. The Morgan fingerprint density at radius 1 is 1.22 bits per heavy atom. The van der Waals surface area contributed by atoms with E-state index in [4.69, 9.17) is 5.11 Å². The van der Waals surface area contributed by atoms with Crippen LogP contribution in [0.1, 0.15) is 18.5 Å². The molecule has 3 rings (SSSR count). The second kappa shape index (κ2) is 6.08. The summed E-state index contributed by atoms with van der Waals surface area (Å²) in [6, 6.07) is 9.89. The van der Waals surface area contributed by atoms with E-state index in [1.54, 1.807) is 0 Å². The van der Waals surface area contributed by atoms with Crippen LogP contribution in [0.2, 0.25) is 0 Å². The molecule has 0 saturated heterocycles. The minimum atomic E-state index is -0.952. The van der Waals surface area contributed by atoms with Crippen LogP contribution in [0.5, 0.6) is 0 Å². The van der Waals surface area contributed by atoms with Crippen molar-refractivity contribution in [2.75, 3.05) is 0 Å². The van der Waals surface area contributed by atoms with Gasteiger partial charge in [-0.3, -0.25) is 14.7 Å². The molecule has 0 bridgehead atoms. The SMILES string of the molecule is Cc1cc(-c2ccc3ccn(CC(=O)CCC(=O)O)c3c2)n[nH]1. The summed E-state index contributed by atoms with van der Waals surface area (Å²) in [7, 11) is 0. The van der Waals surface area contributed by atoms with E-state index in [9.17, 15) is 9.59 Å². The zero-order chi connectivity index (χ0) is 16.4. The third-order valence-corrected chi connectivity index (χ3v) is 3.74. The van der Waals surface area contributed by atoms with Crippen molar-refractivity contribution in [3.8, 4) is 11.3 Å². The quantitative estimate of drug-likeness (QED) is 0.732. The highest BCUT2D eigenvalue weighted by Crippen LogP contribution is 2.24. The molecule has 2 aromatic heterocycles. The van der Waals surface area contributed by atoms with E-state index in [1.165, 1.54) is 0 Å². The van der Waals surface area contributed by atoms with Gasteiger partial charge in [-0.05, 0) is 30.5 Å². The van der Waals surface area contributed by atoms with Crippen molar-refractivity contribution in [1.82, 2.24) is 14.8 Å². The number of aliphatic carboxylic acids is 1. The Kier molecular flexibility index (Phi) is 3.97. The number of nitrogens with one attached hydrogen (secondary N) is 1. The number of aromatic nitrogens is 3. The van der Waals surface area contributed by atoms with Crippen molar-refractivity contribution in [2.45, 2.75) is 26.3 Å². The summed E-state index contributed by atoms with van der Waals surface area (Å²) in [5.74, 6) is -1.04. The molecule has 0 aliphatic heterocycles. The average molecular weight is 311 g/mol. The lowest BCUT2D eigenvalue weighted by atomic mass is 10.1. The molecule has 1 aromatic carbocycles. The predicted octanol–water partition coefficient (Wildman–Crippen LogP) is 2.77. The molecule has 0 amide bonds. The van der Waals surface area contributed by atoms with Gasteiger partial charge in [-0.15, -0.1) is 0 Å². The maximum absolute atomic E-state index is 11.9. The van der Waals surface area contributed by atoms with Gasteiger partial charge in [0.05, 0.1) is 18.7 Å². The number of nitrogens with zero attached hydrogens (tertiary/aromatic N) is 2. The maximum atomic E-state index is 11.9. The number of aromatic amines is 1. The number of carbonyl (C=O) groups is 2. The van der Waals surface area contributed by atoms with Crippen LogP contribution in [0.25, 0.3) is 22.2 Å². The number of aryl methyl sites for hydroxylation is 1. The van der Waals surface area contributed by atoms with Crippen LogP contribution in [0.3, 0.4) is 0 Å². The van der Waals surface area contributed by atoms with Crippen molar-refractivity contribution in [1.29, 1.82) is 0 Å². The number of benzene rings is 1. The molecular weight excluding hydrogens is 294 g/mol. The summed E-state index contributed by atoms with van der Waals surface area (Å²) in [4.78, 5) is 22.5.